The molecule has 0 radical (unpaired) electrons. The van der Waals surface area contributed by atoms with Crippen LogP contribution in [0.3, 0.4) is 0 Å². The normalized spacial score (nSPS) is 34.0. The lowest BCUT2D eigenvalue weighted by Gasteiger charge is -2.24. The summed E-state index contributed by atoms with van der Waals surface area (Å²) >= 11 is 0. The second-order valence-electron chi connectivity index (χ2n) is 3.50. The molecule has 1 saturated heterocycles. The molecule has 1 aliphatic carbocycles. The van der Waals surface area contributed by atoms with Crippen molar-refractivity contribution in [3.8, 4) is 0 Å². The maximum absolute atomic E-state index is 10.9. The third-order valence-electron chi connectivity index (χ3n) is 2.36. The molecule has 0 aromatic heterocycles. The Balaban J connectivity index is 1.77. The second-order valence-corrected chi connectivity index (χ2v) is 3.50. The average molecular weight is 182 g/mol. The first-order valence-corrected chi connectivity index (χ1v) is 4.83. The van der Waals surface area contributed by atoms with Gasteiger partial charge < -0.3 is 9.47 Å². The topological polar surface area (TPSA) is 35.5 Å². The molecule has 0 amide bonds. The van der Waals surface area contributed by atoms with E-state index in [1.165, 1.54) is 0 Å². The summed E-state index contributed by atoms with van der Waals surface area (Å²) in [5.41, 5.74) is 0. The third kappa shape index (κ3) is 2.39. The van der Waals surface area contributed by atoms with Gasteiger partial charge in [0.05, 0.1) is 6.10 Å². The first kappa shape index (κ1) is 8.91. The lowest BCUT2D eigenvalue weighted by atomic mass is 10.2. The molecule has 1 fully saturated rings. The minimum atomic E-state index is -0.0886. The van der Waals surface area contributed by atoms with Crippen LogP contribution >= 0.6 is 0 Å². The highest BCUT2D eigenvalue weighted by Crippen LogP contribution is 2.19. The van der Waals surface area contributed by atoms with Crippen molar-refractivity contribution in [1.29, 1.82) is 0 Å². The summed E-state index contributed by atoms with van der Waals surface area (Å²) in [5, 5.41) is 0. The molecule has 2 rings (SSSR count). The average Bonchev–Trinajstić information content (AvgIpc) is 2.53. The molecule has 3 nitrogen and oxygen atoms in total. The summed E-state index contributed by atoms with van der Waals surface area (Å²) in [4.78, 5) is 10.9. The number of carbonyl (C=O) groups excluding carboxylic acids is 1. The van der Waals surface area contributed by atoms with Gasteiger partial charge in [-0.15, -0.1) is 0 Å². The Labute approximate surface area is 77.7 Å². The van der Waals surface area contributed by atoms with Crippen LogP contribution < -0.4 is 0 Å². The zero-order chi connectivity index (χ0) is 9.10. The highest BCUT2D eigenvalue weighted by Gasteiger charge is 2.22. The predicted molar refractivity (Wildman–Crippen MR) is 47.2 cm³/mol. The van der Waals surface area contributed by atoms with E-state index in [-0.39, 0.29) is 18.2 Å². The second kappa shape index (κ2) is 4.03. The van der Waals surface area contributed by atoms with E-state index in [1.807, 2.05) is 6.08 Å². The SMILES string of the molecule is O=C1C=C[C@@H](OC2CCCCO2)C1. The van der Waals surface area contributed by atoms with Gasteiger partial charge in [-0.05, 0) is 25.3 Å². The number of hydrogen-bond acceptors (Lipinski definition) is 3. The Kier molecular flexibility index (Phi) is 2.76. The Hall–Kier alpha value is -0.670. The van der Waals surface area contributed by atoms with Crippen LogP contribution in [0.5, 0.6) is 0 Å². The van der Waals surface area contributed by atoms with Crippen molar-refractivity contribution >= 4 is 5.78 Å². The van der Waals surface area contributed by atoms with E-state index in [9.17, 15) is 4.79 Å². The summed E-state index contributed by atoms with van der Waals surface area (Å²) in [6, 6.07) is 0. The molecular weight excluding hydrogens is 168 g/mol. The standard InChI is InChI=1S/C10H14O3/c11-8-4-5-9(7-8)13-10-3-1-2-6-12-10/h4-5,9-10H,1-3,6-7H2/t9-,10?/m1/s1. The Bertz CT molecular complexity index is 216. The Morgan fingerprint density at radius 3 is 3.00 bits per heavy atom. The van der Waals surface area contributed by atoms with E-state index in [0.29, 0.717) is 6.42 Å². The molecule has 0 saturated carbocycles. The highest BCUT2D eigenvalue weighted by atomic mass is 16.7. The molecule has 0 aromatic rings. The number of carbonyl (C=O) groups is 1. The molecule has 72 valence electrons. The van der Waals surface area contributed by atoms with Crippen molar-refractivity contribution in [2.75, 3.05) is 6.61 Å². The molecule has 1 heterocycles. The van der Waals surface area contributed by atoms with E-state index in [1.54, 1.807) is 6.08 Å². The van der Waals surface area contributed by atoms with E-state index < -0.39 is 0 Å². The van der Waals surface area contributed by atoms with Gasteiger partial charge in [0.2, 0.25) is 0 Å². The Morgan fingerprint density at radius 1 is 1.46 bits per heavy atom. The first-order valence-electron chi connectivity index (χ1n) is 4.83. The largest absolute Gasteiger partial charge is 0.353 e. The first-order chi connectivity index (χ1) is 6.34. The molecule has 13 heavy (non-hydrogen) atoms. The molecule has 0 aromatic carbocycles. The van der Waals surface area contributed by atoms with Crippen LogP contribution in [0.4, 0.5) is 0 Å². The van der Waals surface area contributed by atoms with Crippen molar-refractivity contribution in [1.82, 2.24) is 0 Å². The lowest BCUT2D eigenvalue weighted by Crippen LogP contribution is -2.26. The summed E-state index contributed by atoms with van der Waals surface area (Å²) in [6.07, 6.45) is 7.01. The van der Waals surface area contributed by atoms with Crippen LogP contribution in [-0.2, 0) is 14.3 Å². The molecule has 2 atom stereocenters. The summed E-state index contributed by atoms with van der Waals surface area (Å²) in [7, 11) is 0. The Morgan fingerprint density at radius 2 is 2.38 bits per heavy atom. The van der Waals surface area contributed by atoms with Gasteiger partial charge in [0.25, 0.3) is 0 Å². The van der Waals surface area contributed by atoms with Crippen LogP contribution in [0, 0.1) is 0 Å². The van der Waals surface area contributed by atoms with Gasteiger partial charge in [0.1, 0.15) is 0 Å². The van der Waals surface area contributed by atoms with Gasteiger partial charge >= 0.3 is 0 Å². The third-order valence-corrected chi connectivity index (χ3v) is 2.36. The van der Waals surface area contributed by atoms with Crippen LogP contribution in [0.25, 0.3) is 0 Å². The minimum absolute atomic E-state index is 0.0457. The number of hydrogen-bond donors (Lipinski definition) is 0. The lowest BCUT2D eigenvalue weighted by molar-refractivity contribution is -0.178. The fourth-order valence-corrected chi connectivity index (χ4v) is 1.66. The van der Waals surface area contributed by atoms with Gasteiger partial charge in [0, 0.05) is 13.0 Å². The molecule has 1 aliphatic heterocycles. The molecule has 1 unspecified atom stereocenters. The molecule has 2 aliphatic rings. The van der Waals surface area contributed by atoms with Crippen molar-refractivity contribution in [2.24, 2.45) is 0 Å². The van der Waals surface area contributed by atoms with Gasteiger partial charge in [0.15, 0.2) is 12.1 Å². The monoisotopic (exact) mass is 182 g/mol. The zero-order valence-electron chi connectivity index (χ0n) is 7.57. The van der Waals surface area contributed by atoms with Crippen molar-refractivity contribution in [2.45, 2.75) is 38.1 Å². The maximum atomic E-state index is 10.9. The summed E-state index contributed by atoms with van der Waals surface area (Å²) in [5.74, 6) is 0.154. The van der Waals surface area contributed by atoms with Gasteiger partial charge in [-0.3, -0.25) is 4.79 Å². The van der Waals surface area contributed by atoms with Crippen molar-refractivity contribution in [3.63, 3.8) is 0 Å². The molecular formula is C10H14O3. The molecule has 0 spiro atoms. The van der Waals surface area contributed by atoms with Crippen LogP contribution in [0.2, 0.25) is 0 Å². The fourth-order valence-electron chi connectivity index (χ4n) is 1.66. The fraction of sp³-hybridized carbons (Fsp3) is 0.700. The van der Waals surface area contributed by atoms with Crippen LogP contribution in [0.15, 0.2) is 12.2 Å². The molecule has 3 heteroatoms. The maximum Gasteiger partial charge on any atom is 0.158 e. The van der Waals surface area contributed by atoms with Gasteiger partial charge in [-0.25, -0.2) is 0 Å². The van der Waals surface area contributed by atoms with E-state index >= 15 is 0 Å². The quantitative estimate of drug-likeness (QED) is 0.648. The highest BCUT2D eigenvalue weighted by molar-refractivity contribution is 5.92. The number of rotatable bonds is 2. The number of ether oxygens (including phenoxy) is 2. The van der Waals surface area contributed by atoms with Crippen LogP contribution in [0.1, 0.15) is 25.7 Å². The van der Waals surface area contributed by atoms with Crippen molar-refractivity contribution in [3.05, 3.63) is 12.2 Å². The summed E-state index contributed by atoms with van der Waals surface area (Å²) in [6.45, 7) is 0.787. The minimum Gasteiger partial charge on any atom is -0.353 e. The summed E-state index contributed by atoms with van der Waals surface area (Å²) < 4.78 is 11.0. The van der Waals surface area contributed by atoms with Gasteiger partial charge in [-0.1, -0.05) is 6.08 Å². The van der Waals surface area contributed by atoms with Crippen molar-refractivity contribution < 1.29 is 14.3 Å². The molecule has 0 bridgehead atoms. The van der Waals surface area contributed by atoms with E-state index in [4.69, 9.17) is 9.47 Å². The van der Waals surface area contributed by atoms with E-state index in [2.05, 4.69) is 0 Å². The zero-order valence-corrected chi connectivity index (χ0v) is 7.57. The predicted octanol–water partition coefficient (Wildman–Crippen LogP) is 1.43. The number of ketones is 1. The van der Waals surface area contributed by atoms with E-state index in [0.717, 1.165) is 25.9 Å². The number of allylic oxidation sites excluding steroid dienone is 1. The molecule has 0 N–H and O–H groups in total. The van der Waals surface area contributed by atoms with Crippen LogP contribution in [-0.4, -0.2) is 24.8 Å². The van der Waals surface area contributed by atoms with Gasteiger partial charge in [-0.2, -0.15) is 0 Å². The smallest absolute Gasteiger partial charge is 0.158 e.